The lowest BCUT2D eigenvalue weighted by Gasteiger charge is -2.25. The molecule has 0 unspecified atom stereocenters. The molecule has 0 bridgehead atoms. The summed E-state index contributed by atoms with van der Waals surface area (Å²) in [6.45, 7) is 2.38. The van der Waals surface area contributed by atoms with Crippen LogP contribution in [0, 0.1) is 11.6 Å². The van der Waals surface area contributed by atoms with Crippen LogP contribution in [-0.2, 0) is 17.6 Å². The predicted octanol–water partition coefficient (Wildman–Crippen LogP) is 5.42. The van der Waals surface area contributed by atoms with Crippen LogP contribution in [0.5, 0.6) is 5.75 Å². The number of hydrogen-bond acceptors (Lipinski definition) is 3. The lowest BCUT2D eigenvalue weighted by atomic mass is 9.92. The average molecular weight is 491 g/mol. The molecule has 1 amide bonds. The molecule has 1 heterocycles. The Morgan fingerprint density at radius 2 is 1.72 bits per heavy atom. The summed E-state index contributed by atoms with van der Waals surface area (Å²) in [5, 5.41) is 3.34. The number of nitrogens with zero attached hydrogens (tertiary/aromatic N) is 1. The second-order valence-corrected chi connectivity index (χ2v) is 9.07. The fraction of sp³-hybridized carbons (Fsp3) is 0.300. The third-order valence-electron chi connectivity index (χ3n) is 6.46. The van der Waals surface area contributed by atoms with Gasteiger partial charge in [-0.1, -0.05) is 54.6 Å². The maximum Gasteiger partial charge on any atom is 0.251 e. The number of halogens is 2. The smallest absolute Gasteiger partial charge is 0.251 e. The molecular weight excluding hydrogens is 458 g/mol. The minimum absolute atomic E-state index is 0.0610. The van der Waals surface area contributed by atoms with Gasteiger partial charge in [0.25, 0.3) is 5.91 Å². The predicted molar refractivity (Wildman–Crippen MR) is 139 cm³/mol. The Morgan fingerprint density at radius 1 is 0.972 bits per heavy atom. The minimum Gasteiger partial charge on any atom is -0.490 e. The first-order chi connectivity index (χ1) is 17.5. The van der Waals surface area contributed by atoms with Gasteiger partial charge in [0, 0.05) is 31.8 Å². The molecule has 0 fully saturated rings. The van der Waals surface area contributed by atoms with Gasteiger partial charge in [0.15, 0.2) is 11.6 Å². The Kier molecular flexibility index (Phi) is 8.85. The van der Waals surface area contributed by atoms with Gasteiger partial charge in [-0.25, -0.2) is 8.78 Å². The molecule has 1 aliphatic heterocycles. The van der Waals surface area contributed by atoms with E-state index in [2.05, 4.69) is 41.7 Å². The lowest BCUT2D eigenvalue weighted by Crippen LogP contribution is -2.36. The molecule has 1 aliphatic rings. The SMILES string of the molecule is CN(CCc1ccccc1)C(=O)C1=C(c2ccc(CCCOc3cc(F)ccc3F)cc2)CCNC1. The number of rotatable bonds is 10. The molecule has 0 spiro atoms. The monoisotopic (exact) mass is 490 g/mol. The highest BCUT2D eigenvalue weighted by molar-refractivity contribution is 6.02. The summed E-state index contributed by atoms with van der Waals surface area (Å²) in [5.41, 5.74) is 5.34. The number of carbonyl (C=O) groups is 1. The van der Waals surface area contributed by atoms with Crippen LogP contribution < -0.4 is 10.1 Å². The zero-order valence-electron chi connectivity index (χ0n) is 20.6. The topological polar surface area (TPSA) is 41.6 Å². The molecule has 0 aliphatic carbocycles. The molecular formula is C30H32F2N2O2. The van der Waals surface area contributed by atoms with Crippen LogP contribution in [0.1, 0.15) is 29.5 Å². The summed E-state index contributed by atoms with van der Waals surface area (Å²) in [5.74, 6) is -1.07. The molecule has 0 saturated carbocycles. The van der Waals surface area contributed by atoms with Gasteiger partial charge in [-0.15, -0.1) is 0 Å². The first-order valence-electron chi connectivity index (χ1n) is 12.4. The molecule has 0 aromatic heterocycles. The molecule has 6 heteroatoms. The van der Waals surface area contributed by atoms with Gasteiger partial charge < -0.3 is 15.0 Å². The Balaban J connectivity index is 1.35. The van der Waals surface area contributed by atoms with Crippen LogP contribution >= 0.6 is 0 Å². The van der Waals surface area contributed by atoms with E-state index >= 15 is 0 Å². The molecule has 0 radical (unpaired) electrons. The Bertz CT molecular complexity index is 1190. The second kappa shape index (κ2) is 12.5. The number of likely N-dealkylation sites (N-methyl/N-ethyl adjacent to an activating group) is 1. The van der Waals surface area contributed by atoms with Crippen LogP contribution in [0.3, 0.4) is 0 Å². The van der Waals surface area contributed by atoms with Gasteiger partial charge in [0.1, 0.15) is 5.82 Å². The number of hydrogen-bond donors (Lipinski definition) is 1. The van der Waals surface area contributed by atoms with E-state index in [1.807, 2.05) is 30.1 Å². The van der Waals surface area contributed by atoms with Crippen molar-refractivity contribution in [1.29, 1.82) is 0 Å². The van der Waals surface area contributed by atoms with E-state index in [-0.39, 0.29) is 11.7 Å². The highest BCUT2D eigenvalue weighted by atomic mass is 19.1. The summed E-state index contributed by atoms with van der Waals surface area (Å²) in [6, 6.07) is 21.7. The van der Waals surface area contributed by atoms with Crippen LogP contribution in [-0.4, -0.2) is 44.1 Å². The van der Waals surface area contributed by atoms with Gasteiger partial charge in [0.05, 0.1) is 6.61 Å². The average Bonchev–Trinajstić information content (AvgIpc) is 2.92. The molecule has 188 valence electrons. The van der Waals surface area contributed by atoms with Gasteiger partial charge in [-0.2, -0.15) is 0 Å². The summed E-state index contributed by atoms with van der Waals surface area (Å²) in [4.78, 5) is 15.1. The van der Waals surface area contributed by atoms with E-state index < -0.39 is 11.6 Å². The minimum atomic E-state index is -0.563. The van der Waals surface area contributed by atoms with Gasteiger partial charge in [0.2, 0.25) is 0 Å². The summed E-state index contributed by atoms with van der Waals surface area (Å²) < 4.78 is 32.3. The van der Waals surface area contributed by atoms with Crippen molar-refractivity contribution in [3.8, 4) is 5.75 Å². The standard InChI is InChI=1S/C30H32F2N2O2/c1-34(18-16-22-6-3-2-4-7-22)30(35)27-21-33-17-15-26(27)24-11-9-23(10-12-24)8-5-19-36-29-20-25(31)13-14-28(29)32/h2-4,6-7,9-14,20,33H,5,8,15-19,21H2,1H3. The third-order valence-corrected chi connectivity index (χ3v) is 6.46. The molecule has 4 rings (SSSR count). The largest absolute Gasteiger partial charge is 0.490 e. The van der Waals surface area contributed by atoms with Crippen molar-refractivity contribution in [3.63, 3.8) is 0 Å². The van der Waals surface area contributed by atoms with Crippen molar-refractivity contribution >= 4 is 11.5 Å². The number of carbonyl (C=O) groups excluding carboxylic acids is 1. The van der Waals surface area contributed by atoms with Gasteiger partial charge >= 0.3 is 0 Å². The zero-order chi connectivity index (χ0) is 25.3. The van der Waals surface area contributed by atoms with Crippen molar-refractivity contribution in [1.82, 2.24) is 10.2 Å². The third kappa shape index (κ3) is 6.79. The van der Waals surface area contributed by atoms with Crippen molar-refractivity contribution in [3.05, 3.63) is 107 Å². The Hall–Kier alpha value is -3.51. The number of aryl methyl sites for hydroxylation is 1. The highest BCUT2D eigenvalue weighted by Crippen LogP contribution is 2.26. The number of amides is 1. The molecule has 3 aromatic rings. The van der Waals surface area contributed by atoms with Gasteiger partial charge in [-0.3, -0.25) is 4.79 Å². The fourth-order valence-corrected chi connectivity index (χ4v) is 4.40. The maximum absolute atomic E-state index is 13.7. The number of nitrogens with one attached hydrogen (secondary N) is 1. The number of benzene rings is 3. The Morgan fingerprint density at radius 3 is 2.50 bits per heavy atom. The van der Waals surface area contributed by atoms with E-state index in [0.717, 1.165) is 66.3 Å². The molecule has 0 saturated heterocycles. The van der Waals surface area contributed by atoms with Crippen LogP contribution in [0.4, 0.5) is 8.78 Å². The first kappa shape index (κ1) is 25.6. The van der Waals surface area contributed by atoms with Crippen molar-refractivity contribution in [2.24, 2.45) is 0 Å². The van der Waals surface area contributed by atoms with E-state index in [0.29, 0.717) is 26.1 Å². The van der Waals surface area contributed by atoms with Crippen LogP contribution in [0.15, 0.2) is 78.4 Å². The lowest BCUT2D eigenvalue weighted by molar-refractivity contribution is -0.125. The molecule has 36 heavy (non-hydrogen) atoms. The van der Waals surface area contributed by atoms with Crippen molar-refractivity contribution < 1.29 is 18.3 Å². The van der Waals surface area contributed by atoms with Crippen LogP contribution in [0.25, 0.3) is 5.57 Å². The zero-order valence-corrected chi connectivity index (χ0v) is 20.6. The first-order valence-corrected chi connectivity index (χ1v) is 12.4. The van der Waals surface area contributed by atoms with E-state index in [4.69, 9.17) is 4.74 Å². The van der Waals surface area contributed by atoms with Crippen LogP contribution in [0.2, 0.25) is 0 Å². The van der Waals surface area contributed by atoms with Crippen molar-refractivity contribution in [2.45, 2.75) is 25.7 Å². The quantitative estimate of drug-likeness (QED) is 0.386. The molecule has 4 nitrogen and oxygen atoms in total. The summed E-state index contributed by atoms with van der Waals surface area (Å²) in [6.07, 6.45) is 3.06. The van der Waals surface area contributed by atoms with E-state index in [1.165, 1.54) is 5.56 Å². The molecule has 0 atom stereocenters. The highest BCUT2D eigenvalue weighted by Gasteiger charge is 2.22. The van der Waals surface area contributed by atoms with Gasteiger partial charge in [-0.05, 0) is 66.6 Å². The fourth-order valence-electron chi connectivity index (χ4n) is 4.40. The molecule has 1 N–H and O–H groups in total. The summed E-state index contributed by atoms with van der Waals surface area (Å²) in [7, 11) is 1.87. The Labute approximate surface area is 211 Å². The maximum atomic E-state index is 13.7. The second-order valence-electron chi connectivity index (χ2n) is 9.07. The van der Waals surface area contributed by atoms with E-state index in [1.54, 1.807) is 0 Å². The van der Waals surface area contributed by atoms with Crippen molar-refractivity contribution in [2.75, 3.05) is 33.3 Å². The van der Waals surface area contributed by atoms with E-state index in [9.17, 15) is 13.6 Å². The number of ether oxygens (including phenoxy) is 1. The summed E-state index contributed by atoms with van der Waals surface area (Å²) >= 11 is 0. The molecule has 3 aromatic carbocycles. The normalized spacial score (nSPS) is 13.5.